The van der Waals surface area contributed by atoms with Crippen LogP contribution in [0.25, 0.3) is 6.08 Å². The monoisotopic (exact) mass is 252 g/mol. The van der Waals surface area contributed by atoms with Crippen molar-refractivity contribution in [2.45, 2.75) is 12.8 Å². The van der Waals surface area contributed by atoms with Crippen LogP contribution >= 0.6 is 0 Å². The molecule has 0 spiro atoms. The van der Waals surface area contributed by atoms with Gasteiger partial charge in [-0.15, -0.1) is 0 Å². The highest BCUT2D eigenvalue weighted by Gasteiger charge is 2.04. The second kappa shape index (κ2) is 6.01. The lowest BCUT2D eigenvalue weighted by Gasteiger charge is -2.07. The first kappa shape index (κ1) is 13.1. The quantitative estimate of drug-likeness (QED) is 0.885. The molecule has 96 valence electrons. The summed E-state index contributed by atoms with van der Waals surface area (Å²) in [6, 6.07) is 17.1. The Kier molecular flexibility index (Phi) is 4.14. The number of carbonyl (C=O) groups is 1. The van der Waals surface area contributed by atoms with E-state index in [0.29, 0.717) is 5.56 Å². The normalized spacial score (nSPS) is 12.5. The predicted molar refractivity (Wildman–Crippen MR) is 77.3 cm³/mol. The highest BCUT2D eigenvalue weighted by molar-refractivity contribution is 5.87. The summed E-state index contributed by atoms with van der Waals surface area (Å²) in [4.78, 5) is 10.8. The highest BCUT2D eigenvalue weighted by atomic mass is 16.4. The molecule has 0 aliphatic rings. The first-order valence-electron chi connectivity index (χ1n) is 6.23. The van der Waals surface area contributed by atoms with Crippen molar-refractivity contribution in [3.05, 3.63) is 77.4 Å². The van der Waals surface area contributed by atoms with Crippen molar-refractivity contribution in [1.29, 1.82) is 0 Å². The van der Waals surface area contributed by atoms with Crippen LogP contribution in [-0.2, 0) is 0 Å². The molecule has 0 aliphatic heterocycles. The van der Waals surface area contributed by atoms with Gasteiger partial charge in [-0.3, -0.25) is 0 Å². The Morgan fingerprint density at radius 1 is 1.05 bits per heavy atom. The summed E-state index contributed by atoms with van der Waals surface area (Å²) in [5.74, 6) is -0.637. The van der Waals surface area contributed by atoms with Crippen LogP contribution in [0.4, 0.5) is 0 Å². The molecular formula is C17H16O2. The van der Waals surface area contributed by atoms with Crippen LogP contribution in [0.2, 0.25) is 0 Å². The molecule has 2 aromatic rings. The van der Waals surface area contributed by atoms with E-state index in [2.05, 4.69) is 31.2 Å². The van der Waals surface area contributed by atoms with Crippen LogP contribution in [0.1, 0.15) is 34.3 Å². The zero-order valence-corrected chi connectivity index (χ0v) is 10.8. The van der Waals surface area contributed by atoms with Gasteiger partial charge in [0.1, 0.15) is 0 Å². The molecule has 1 atom stereocenters. The SMILES string of the molecule is CC(/C=C/c1ccccc1)c1ccc(C(=O)O)cc1. The zero-order chi connectivity index (χ0) is 13.7. The average Bonchev–Trinajstić information content (AvgIpc) is 2.46. The van der Waals surface area contributed by atoms with E-state index in [0.717, 1.165) is 11.1 Å². The van der Waals surface area contributed by atoms with Gasteiger partial charge in [0.25, 0.3) is 0 Å². The van der Waals surface area contributed by atoms with Crippen molar-refractivity contribution in [2.75, 3.05) is 0 Å². The number of carboxylic acid groups (broad SMARTS) is 1. The Hall–Kier alpha value is -2.35. The molecule has 0 aliphatic carbocycles. The molecule has 0 fully saturated rings. The fourth-order valence-electron chi connectivity index (χ4n) is 1.86. The molecule has 0 amide bonds. The minimum absolute atomic E-state index is 0.253. The van der Waals surface area contributed by atoms with E-state index in [9.17, 15) is 4.79 Å². The number of allylic oxidation sites excluding steroid dienone is 1. The van der Waals surface area contributed by atoms with E-state index in [4.69, 9.17) is 5.11 Å². The molecule has 19 heavy (non-hydrogen) atoms. The van der Waals surface area contributed by atoms with E-state index in [1.807, 2.05) is 30.3 Å². The fourth-order valence-corrected chi connectivity index (χ4v) is 1.86. The van der Waals surface area contributed by atoms with E-state index in [1.165, 1.54) is 0 Å². The van der Waals surface area contributed by atoms with Gasteiger partial charge in [0.15, 0.2) is 0 Å². The maximum Gasteiger partial charge on any atom is 0.335 e. The van der Waals surface area contributed by atoms with Crippen LogP contribution < -0.4 is 0 Å². The van der Waals surface area contributed by atoms with Gasteiger partial charge in [-0.05, 0) is 29.2 Å². The molecule has 2 nitrogen and oxygen atoms in total. The largest absolute Gasteiger partial charge is 0.478 e. The number of rotatable bonds is 4. The van der Waals surface area contributed by atoms with Crippen LogP contribution in [0.15, 0.2) is 60.7 Å². The fraction of sp³-hybridized carbons (Fsp3) is 0.118. The molecule has 0 aromatic heterocycles. The van der Waals surface area contributed by atoms with Gasteiger partial charge in [-0.1, -0.05) is 61.5 Å². The third-order valence-corrected chi connectivity index (χ3v) is 3.06. The van der Waals surface area contributed by atoms with Gasteiger partial charge in [-0.25, -0.2) is 4.79 Å². The van der Waals surface area contributed by atoms with Gasteiger partial charge in [0, 0.05) is 0 Å². The van der Waals surface area contributed by atoms with Gasteiger partial charge >= 0.3 is 5.97 Å². The van der Waals surface area contributed by atoms with Crippen LogP contribution in [0.3, 0.4) is 0 Å². The Morgan fingerprint density at radius 2 is 1.68 bits per heavy atom. The van der Waals surface area contributed by atoms with Crippen molar-refractivity contribution < 1.29 is 9.90 Å². The minimum Gasteiger partial charge on any atom is -0.478 e. The average molecular weight is 252 g/mol. The molecule has 0 bridgehead atoms. The maximum atomic E-state index is 10.8. The Bertz CT molecular complexity index is 568. The van der Waals surface area contributed by atoms with Gasteiger partial charge in [-0.2, -0.15) is 0 Å². The minimum atomic E-state index is -0.890. The third kappa shape index (κ3) is 3.55. The lowest BCUT2D eigenvalue weighted by Crippen LogP contribution is -1.97. The van der Waals surface area contributed by atoms with Crippen molar-refractivity contribution in [3.8, 4) is 0 Å². The van der Waals surface area contributed by atoms with Crippen molar-refractivity contribution in [3.63, 3.8) is 0 Å². The number of aromatic carboxylic acids is 1. The third-order valence-electron chi connectivity index (χ3n) is 3.06. The molecule has 1 N–H and O–H groups in total. The molecule has 0 radical (unpaired) electrons. The summed E-state index contributed by atoms with van der Waals surface area (Å²) in [5.41, 5.74) is 2.59. The topological polar surface area (TPSA) is 37.3 Å². The Morgan fingerprint density at radius 3 is 2.26 bits per heavy atom. The van der Waals surface area contributed by atoms with Crippen LogP contribution in [0.5, 0.6) is 0 Å². The first-order valence-corrected chi connectivity index (χ1v) is 6.23. The number of hydrogen-bond acceptors (Lipinski definition) is 1. The number of hydrogen-bond donors (Lipinski definition) is 1. The zero-order valence-electron chi connectivity index (χ0n) is 10.8. The molecule has 0 saturated carbocycles. The Balaban J connectivity index is 2.09. The summed E-state index contributed by atoms with van der Waals surface area (Å²) in [7, 11) is 0. The predicted octanol–water partition coefficient (Wildman–Crippen LogP) is 4.20. The lowest BCUT2D eigenvalue weighted by atomic mass is 9.98. The van der Waals surface area contributed by atoms with E-state index < -0.39 is 5.97 Å². The molecule has 1 unspecified atom stereocenters. The Labute approximate surface area is 113 Å². The van der Waals surface area contributed by atoms with Gasteiger partial charge in [0.2, 0.25) is 0 Å². The second-order valence-electron chi connectivity index (χ2n) is 4.49. The maximum absolute atomic E-state index is 10.8. The van der Waals surface area contributed by atoms with Crippen LogP contribution in [0, 0.1) is 0 Å². The smallest absolute Gasteiger partial charge is 0.335 e. The standard InChI is InChI=1S/C17H16O2/c1-13(7-8-14-5-3-2-4-6-14)15-9-11-16(12-10-15)17(18)19/h2-13H,1H3,(H,18,19)/b8-7+. The van der Waals surface area contributed by atoms with E-state index in [-0.39, 0.29) is 5.92 Å². The summed E-state index contributed by atoms with van der Waals surface area (Å²) >= 11 is 0. The number of carboxylic acids is 1. The molecule has 2 rings (SSSR count). The molecule has 0 saturated heterocycles. The van der Waals surface area contributed by atoms with Gasteiger partial charge in [0.05, 0.1) is 5.56 Å². The lowest BCUT2D eigenvalue weighted by molar-refractivity contribution is 0.0697. The number of benzene rings is 2. The molecule has 2 heteroatoms. The summed E-state index contributed by atoms with van der Waals surface area (Å²) < 4.78 is 0. The second-order valence-corrected chi connectivity index (χ2v) is 4.49. The van der Waals surface area contributed by atoms with E-state index in [1.54, 1.807) is 12.1 Å². The van der Waals surface area contributed by atoms with Crippen LogP contribution in [-0.4, -0.2) is 11.1 Å². The van der Waals surface area contributed by atoms with Crippen molar-refractivity contribution in [1.82, 2.24) is 0 Å². The van der Waals surface area contributed by atoms with Gasteiger partial charge < -0.3 is 5.11 Å². The summed E-state index contributed by atoms with van der Waals surface area (Å²) in [6.45, 7) is 2.09. The molecule has 2 aromatic carbocycles. The van der Waals surface area contributed by atoms with Crippen molar-refractivity contribution in [2.24, 2.45) is 0 Å². The molecule has 0 heterocycles. The summed E-state index contributed by atoms with van der Waals surface area (Å²) in [6.07, 6.45) is 4.20. The first-order chi connectivity index (χ1) is 9.16. The van der Waals surface area contributed by atoms with Crippen molar-refractivity contribution >= 4 is 12.0 Å². The highest BCUT2D eigenvalue weighted by Crippen LogP contribution is 2.18. The van der Waals surface area contributed by atoms with E-state index >= 15 is 0 Å². The summed E-state index contributed by atoms with van der Waals surface area (Å²) in [5, 5.41) is 8.85. The molecular weight excluding hydrogens is 236 g/mol.